The second kappa shape index (κ2) is 9.06. The molecule has 0 spiro atoms. The molecule has 12 heteroatoms. The fourth-order valence-electron chi connectivity index (χ4n) is 2.26. The highest BCUT2D eigenvalue weighted by Crippen LogP contribution is 2.37. The molecule has 174 valence electrons. The number of halogens is 5. The van der Waals surface area contributed by atoms with Gasteiger partial charge in [-0.25, -0.2) is 9.59 Å². The van der Waals surface area contributed by atoms with E-state index in [1.54, 1.807) is 0 Å². The molecule has 1 atom stereocenters. The van der Waals surface area contributed by atoms with Crippen molar-refractivity contribution >= 4 is 18.1 Å². The van der Waals surface area contributed by atoms with Gasteiger partial charge in [-0.1, -0.05) is 13.8 Å². The van der Waals surface area contributed by atoms with Crippen molar-refractivity contribution in [3.05, 3.63) is 29.3 Å². The van der Waals surface area contributed by atoms with Crippen LogP contribution in [-0.4, -0.2) is 35.7 Å². The lowest BCUT2D eigenvalue weighted by atomic mass is 10.0. The van der Waals surface area contributed by atoms with E-state index < -0.39 is 64.7 Å². The SMILES string of the molecule is CC(C)C(OC(=O)c1ccc(OC(=O)OC(C)(C)C)c(C(F)(F)F)c1)C(F)(F)C(=O)[O-]. The van der Waals surface area contributed by atoms with Gasteiger partial charge >= 0.3 is 24.2 Å². The highest BCUT2D eigenvalue weighted by Gasteiger charge is 2.46. The number of ether oxygens (including phenoxy) is 3. The zero-order valence-corrected chi connectivity index (χ0v) is 17.1. The monoisotopic (exact) mass is 455 g/mol. The average Bonchev–Trinajstić information content (AvgIpc) is 2.56. The maximum atomic E-state index is 13.8. The predicted molar refractivity (Wildman–Crippen MR) is 92.3 cm³/mol. The molecule has 0 bridgehead atoms. The number of carboxylic acids is 1. The maximum absolute atomic E-state index is 13.8. The van der Waals surface area contributed by atoms with Crippen LogP contribution in [0.3, 0.4) is 0 Å². The van der Waals surface area contributed by atoms with Crippen LogP contribution in [-0.2, 0) is 20.4 Å². The van der Waals surface area contributed by atoms with Gasteiger partial charge in [0.2, 0.25) is 0 Å². The summed E-state index contributed by atoms with van der Waals surface area (Å²) in [7, 11) is 0. The first-order valence-corrected chi connectivity index (χ1v) is 8.78. The Labute approximate surface area is 174 Å². The first-order valence-electron chi connectivity index (χ1n) is 8.78. The van der Waals surface area contributed by atoms with Crippen molar-refractivity contribution in [1.82, 2.24) is 0 Å². The van der Waals surface area contributed by atoms with Gasteiger partial charge in [-0.05, 0) is 44.9 Å². The minimum absolute atomic E-state index is 0.219. The summed E-state index contributed by atoms with van der Waals surface area (Å²) >= 11 is 0. The van der Waals surface area contributed by atoms with Crippen LogP contribution < -0.4 is 9.84 Å². The summed E-state index contributed by atoms with van der Waals surface area (Å²) in [5.74, 6) is -11.3. The van der Waals surface area contributed by atoms with E-state index in [0.29, 0.717) is 6.07 Å². The van der Waals surface area contributed by atoms with Crippen LogP contribution in [0.15, 0.2) is 18.2 Å². The molecular formula is C19H20F5O7-. The van der Waals surface area contributed by atoms with Gasteiger partial charge in [-0.3, -0.25) is 0 Å². The maximum Gasteiger partial charge on any atom is 0.514 e. The molecule has 7 nitrogen and oxygen atoms in total. The summed E-state index contributed by atoms with van der Waals surface area (Å²) in [6.45, 7) is 6.59. The quantitative estimate of drug-likeness (QED) is 0.367. The van der Waals surface area contributed by atoms with Crippen molar-refractivity contribution in [1.29, 1.82) is 0 Å². The highest BCUT2D eigenvalue weighted by atomic mass is 19.4. The highest BCUT2D eigenvalue weighted by molar-refractivity contribution is 5.90. The van der Waals surface area contributed by atoms with E-state index in [4.69, 9.17) is 4.74 Å². The Morgan fingerprint density at radius 3 is 1.97 bits per heavy atom. The number of carbonyl (C=O) groups excluding carboxylic acids is 3. The number of alkyl halides is 5. The molecule has 0 amide bonds. The summed E-state index contributed by atoms with van der Waals surface area (Å²) in [6, 6.07) is 1.55. The molecule has 31 heavy (non-hydrogen) atoms. The fraction of sp³-hybridized carbons (Fsp3) is 0.526. The molecule has 1 rings (SSSR count). The van der Waals surface area contributed by atoms with Gasteiger partial charge in [-0.2, -0.15) is 22.0 Å². The van der Waals surface area contributed by atoms with Crippen molar-refractivity contribution in [2.45, 2.75) is 58.4 Å². The van der Waals surface area contributed by atoms with E-state index in [2.05, 4.69) is 9.47 Å². The van der Waals surface area contributed by atoms with Crippen LogP contribution in [0, 0.1) is 5.92 Å². The molecule has 0 N–H and O–H groups in total. The molecule has 0 heterocycles. The molecular weight excluding hydrogens is 435 g/mol. The van der Waals surface area contributed by atoms with Gasteiger partial charge in [-0.15, -0.1) is 0 Å². The van der Waals surface area contributed by atoms with Crippen molar-refractivity contribution < 1.29 is 55.7 Å². The molecule has 0 aliphatic rings. The zero-order chi connectivity index (χ0) is 24.4. The molecule has 0 saturated heterocycles. The van der Waals surface area contributed by atoms with Crippen LogP contribution in [0.1, 0.15) is 50.5 Å². The number of hydrogen-bond acceptors (Lipinski definition) is 7. The van der Waals surface area contributed by atoms with Crippen molar-refractivity contribution in [3.8, 4) is 5.75 Å². The number of benzene rings is 1. The van der Waals surface area contributed by atoms with E-state index in [1.165, 1.54) is 20.8 Å². The van der Waals surface area contributed by atoms with Crippen LogP contribution in [0.25, 0.3) is 0 Å². The van der Waals surface area contributed by atoms with Gasteiger partial charge in [0.05, 0.1) is 11.1 Å². The first kappa shape index (κ1) is 26.1. The van der Waals surface area contributed by atoms with E-state index in [-0.39, 0.29) is 6.07 Å². The third-order valence-corrected chi connectivity index (χ3v) is 3.57. The largest absolute Gasteiger partial charge is 0.544 e. The predicted octanol–water partition coefficient (Wildman–Crippen LogP) is 3.59. The zero-order valence-electron chi connectivity index (χ0n) is 17.1. The number of hydrogen-bond donors (Lipinski definition) is 0. The number of carboxylic acid groups (broad SMARTS) is 1. The Kier molecular flexibility index (Phi) is 7.64. The normalized spacial score (nSPS) is 13.5. The molecule has 1 aromatic carbocycles. The Hall–Kier alpha value is -2.92. The molecule has 0 radical (unpaired) electrons. The van der Waals surface area contributed by atoms with E-state index >= 15 is 0 Å². The number of aliphatic carboxylic acids is 1. The number of esters is 1. The summed E-state index contributed by atoms with van der Waals surface area (Å²) in [5.41, 5.74) is -3.47. The van der Waals surface area contributed by atoms with Gasteiger partial charge < -0.3 is 24.1 Å². The average molecular weight is 455 g/mol. The van der Waals surface area contributed by atoms with Crippen LogP contribution in [0.2, 0.25) is 0 Å². The lowest BCUT2D eigenvalue weighted by Gasteiger charge is -2.30. The smallest absolute Gasteiger partial charge is 0.514 e. The van der Waals surface area contributed by atoms with Crippen LogP contribution in [0.5, 0.6) is 5.75 Å². The van der Waals surface area contributed by atoms with Gasteiger partial charge in [0, 0.05) is 0 Å². The fourth-order valence-corrected chi connectivity index (χ4v) is 2.26. The Morgan fingerprint density at radius 2 is 1.55 bits per heavy atom. The Morgan fingerprint density at radius 1 is 1.00 bits per heavy atom. The molecule has 0 aliphatic heterocycles. The van der Waals surface area contributed by atoms with E-state index in [0.717, 1.165) is 19.9 Å². The van der Waals surface area contributed by atoms with Gasteiger partial charge in [0.15, 0.2) is 6.10 Å². The topological polar surface area (TPSA) is 102 Å². The second-order valence-corrected chi connectivity index (χ2v) is 7.76. The molecule has 0 aliphatic carbocycles. The second-order valence-electron chi connectivity index (χ2n) is 7.76. The standard InChI is InChI=1S/C19H21F5O7/c1-9(2)13(18(20,21)15(26)27)30-14(25)10-6-7-12(11(8-10)19(22,23)24)29-16(28)31-17(3,4)5/h6-9,13H,1-5H3,(H,26,27)/p-1. The van der Waals surface area contributed by atoms with E-state index in [1.807, 2.05) is 0 Å². The molecule has 1 unspecified atom stereocenters. The minimum Gasteiger partial charge on any atom is -0.544 e. The summed E-state index contributed by atoms with van der Waals surface area (Å²) in [4.78, 5) is 34.5. The van der Waals surface area contributed by atoms with E-state index in [9.17, 15) is 41.4 Å². The Bertz CT molecular complexity index is 841. The van der Waals surface area contributed by atoms with Crippen molar-refractivity contribution in [2.75, 3.05) is 0 Å². The number of rotatable bonds is 6. The lowest BCUT2D eigenvalue weighted by Crippen LogP contribution is -2.53. The molecule has 1 aromatic rings. The first-order chi connectivity index (χ1) is 13.9. The molecule has 0 saturated carbocycles. The number of carbonyl (C=O) groups is 3. The minimum atomic E-state index is -5.11. The molecule has 0 fully saturated rings. The summed E-state index contributed by atoms with van der Waals surface area (Å²) in [5, 5.41) is 10.7. The summed E-state index contributed by atoms with van der Waals surface area (Å²) < 4.78 is 81.4. The van der Waals surface area contributed by atoms with Crippen molar-refractivity contribution in [2.24, 2.45) is 5.92 Å². The van der Waals surface area contributed by atoms with Gasteiger partial charge in [0.1, 0.15) is 17.3 Å². The van der Waals surface area contributed by atoms with Crippen LogP contribution >= 0.6 is 0 Å². The van der Waals surface area contributed by atoms with Gasteiger partial charge in [0.25, 0.3) is 0 Å². The van der Waals surface area contributed by atoms with Crippen molar-refractivity contribution in [3.63, 3.8) is 0 Å². The molecule has 0 aromatic heterocycles. The third kappa shape index (κ3) is 7.07. The lowest BCUT2D eigenvalue weighted by molar-refractivity contribution is -0.337. The van der Waals surface area contributed by atoms with Crippen LogP contribution in [0.4, 0.5) is 26.7 Å². The summed E-state index contributed by atoms with van der Waals surface area (Å²) in [6.07, 6.45) is -9.06. The Balaban J connectivity index is 3.26. The third-order valence-electron chi connectivity index (χ3n) is 3.57.